The molecule has 2 rings (SSSR count). The zero-order valence-corrected chi connectivity index (χ0v) is 12.7. The highest BCUT2D eigenvalue weighted by molar-refractivity contribution is 6.12. The average Bonchev–Trinajstić information content (AvgIpc) is 2.52. The summed E-state index contributed by atoms with van der Waals surface area (Å²) in [5.74, 6) is 0.709. The van der Waals surface area contributed by atoms with Gasteiger partial charge in [0.1, 0.15) is 5.82 Å². The van der Waals surface area contributed by atoms with Crippen molar-refractivity contribution in [1.82, 2.24) is 4.98 Å². The number of aromatic nitrogens is 1. The number of anilines is 1. The molecular formula is C18H22N2O. The van der Waals surface area contributed by atoms with Crippen molar-refractivity contribution in [2.75, 3.05) is 11.9 Å². The molecule has 2 aromatic rings. The first-order valence-electron chi connectivity index (χ1n) is 7.53. The summed E-state index contributed by atoms with van der Waals surface area (Å²) in [6, 6.07) is 11.3. The molecular weight excluding hydrogens is 260 g/mol. The number of aryl methyl sites for hydroxylation is 1. The number of rotatable bonds is 7. The second-order valence-electron chi connectivity index (χ2n) is 5.18. The van der Waals surface area contributed by atoms with Gasteiger partial charge < -0.3 is 5.32 Å². The molecule has 3 nitrogen and oxygen atoms in total. The van der Waals surface area contributed by atoms with Crippen molar-refractivity contribution in [3.8, 4) is 0 Å². The van der Waals surface area contributed by atoms with Gasteiger partial charge in [-0.3, -0.25) is 4.79 Å². The average molecular weight is 282 g/mol. The van der Waals surface area contributed by atoms with E-state index in [0.29, 0.717) is 11.4 Å². The molecule has 0 bridgehead atoms. The molecule has 0 fully saturated rings. The van der Waals surface area contributed by atoms with Crippen molar-refractivity contribution in [2.24, 2.45) is 0 Å². The molecule has 1 aromatic carbocycles. The highest BCUT2D eigenvalue weighted by Gasteiger charge is 2.15. The summed E-state index contributed by atoms with van der Waals surface area (Å²) in [6.45, 7) is 4.98. The number of carbonyl (C=O) groups is 1. The van der Waals surface area contributed by atoms with Gasteiger partial charge in [-0.05, 0) is 31.0 Å². The normalized spacial score (nSPS) is 10.4. The van der Waals surface area contributed by atoms with Crippen LogP contribution in [0, 0.1) is 6.92 Å². The quantitative estimate of drug-likeness (QED) is 0.610. The molecule has 0 amide bonds. The van der Waals surface area contributed by atoms with Crippen LogP contribution in [0.3, 0.4) is 0 Å². The number of benzene rings is 1. The van der Waals surface area contributed by atoms with Gasteiger partial charge in [0.05, 0.1) is 5.56 Å². The van der Waals surface area contributed by atoms with Crippen molar-refractivity contribution in [3.63, 3.8) is 0 Å². The Labute approximate surface area is 126 Å². The Morgan fingerprint density at radius 1 is 1.10 bits per heavy atom. The minimum Gasteiger partial charge on any atom is -0.369 e. The molecule has 0 saturated heterocycles. The van der Waals surface area contributed by atoms with E-state index in [1.54, 1.807) is 6.20 Å². The number of unbranched alkanes of at least 4 members (excludes halogenated alkanes) is 2. The molecule has 0 aliphatic carbocycles. The van der Waals surface area contributed by atoms with E-state index in [0.717, 1.165) is 24.1 Å². The van der Waals surface area contributed by atoms with Crippen molar-refractivity contribution in [1.29, 1.82) is 0 Å². The largest absolute Gasteiger partial charge is 0.369 e. The molecule has 110 valence electrons. The standard InChI is InChI=1S/C18H22N2O/c1-3-4-7-12-19-18-16(11-8-13-20-18)17(21)15-10-6-5-9-14(15)2/h5-6,8-11,13H,3-4,7,12H2,1-2H3,(H,19,20). The fourth-order valence-electron chi connectivity index (χ4n) is 2.28. The zero-order chi connectivity index (χ0) is 15.1. The van der Waals surface area contributed by atoms with E-state index in [1.165, 1.54) is 12.8 Å². The molecule has 0 radical (unpaired) electrons. The molecule has 0 aliphatic heterocycles. The van der Waals surface area contributed by atoms with Crippen molar-refractivity contribution >= 4 is 11.6 Å². The summed E-state index contributed by atoms with van der Waals surface area (Å²) in [7, 11) is 0. The van der Waals surface area contributed by atoms with E-state index in [2.05, 4.69) is 17.2 Å². The van der Waals surface area contributed by atoms with E-state index in [-0.39, 0.29) is 5.78 Å². The lowest BCUT2D eigenvalue weighted by Gasteiger charge is -2.11. The number of carbonyl (C=O) groups excluding carboxylic acids is 1. The molecule has 0 spiro atoms. The Morgan fingerprint density at radius 3 is 2.62 bits per heavy atom. The van der Waals surface area contributed by atoms with Crippen molar-refractivity contribution < 1.29 is 4.79 Å². The lowest BCUT2D eigenvalue weighted by Crippen LogP contribution is -2.11. The van der Waals surface area contributed by atoms with Crippen LogP contribution in [-0.4, -0.2) is 17.3 Å². The number of ketones is 1. The Hall–Kier alpha value is -2.16. The van der Waals surface area contributed by atoms with Gasteiger partial charge >= 0.3 is 0 Å². The summed E-state index contributed by atoms with van der Waals surface area (Å²) in [4.78, 5) is 17.0. The van der Waals surface area contributed by atoms with Crippen LogP contribution in [0.15, 0.2) is 42.6 Å². The molecule has 0 unspecified atom stereocenters. The van der Waals surface area contributed by atoms with E-state index in [4.69, 9.17) is 0 Å². The molecule has 0 atom stereocenters. The third-order valence-corrected chi connectivity index (χ3v) is 3.51. The third kappa shape index (κ3) is 3.91. The topological polar surface area (TPSA) is 42.0 Å². The van der Waals surface area contributed by atoms with Gasteiger partial charge in [-0.2, -0.15) is 0 Å². The molecule has 3 heteroatoms. The maximum Gasteiger partial charge on any atom is 0.196 e. The first kappa shape index (κ1) is 15.2. The van der Waals surface area contributed by atoms with Crippen LogP contribution in [0.4, 0.5) is 5.82 Å². The van der Waals surface area contributed by atoms with Gasteiger partial charge in [0.2, 0.25) is 0 Å². The van der Waals surface area contributed by atoms with Crippen molar-refractivity contribution in [3.05, 3.63) is 59.3 Å². The first-order chi connectivity index (χ1) is 10.2. The summed E-state index contributed by atoms with van der Waals surface area (Å²) >= 11 is 0. The van der Waals surface area contributed by atoms with E-state index < -0.39 is 0 Å². The maximum atomic E-state index is 12.7. The first-order valence-corrected chi connectivity index (χ1v) is 7.53. The summed E-state index contributed by atoms with van der Waals surface area (Å²) in [5.41, 5.74) is 2.37. The molecule has 21 heavy (non-hydrogen) atoms. The summed E-state index contributed by atoms with van der Waals surface area (Å²) < 4.78 is 0. The second-order valence-corrected chi connectivity index (χ2v) is 5.18. The fraction of sp³-hybridized carbons (Fsp3) is 0.333. The zero-order valence-electron chi connectivity index (χ0n) is 12.7. The SMILES string of the molecule is CCCCCNc1ncccc1C(=O)c1ccccc1C. The van der Waals surface area contributed by atoms with Crippen LogP contribution in [-0.2, 0) is 0 Å². The second kappa shape index (κ2) is 7.58. The lowest BCUT2D eigenvalue weighted by molar-refractivity contribution is 0.103. The molecule has 1 aromatic heterocycles. The smallest absolute Gasteiger partial charge is 0.196 e. The number of hydrogen-bond acceptors (Lipinski definition) is 3. The molecule has 0 aliphatic rings. The molecule has 0 saturated carbocycles. The van der Waals surface area contributed by atoms with Gasteiger partial charge in [-0.1, -0.05) is 44.0 Å². The Kier molecular flexibility index (Phi) is 5.50. The Balaban J connectivity index is 2.19. The van der Waals surface area contributed by atoms with E-state index in [9.17, 15) is 4.79 Å². The lowest BCUT2D eigenvalue weighted by atomic mass is 9.99. The molecule has 1 N–H and O–H groups in total. The Bertz CT molecular complexity index is 608. The van der Waals surface area contributed by atoms with Crippen molar-refractivity contribution in [2.45, 2.75) is 33.1 Å². The molecule has 1 heterocycles. The van der Waals surface area contributed by atoms with Crippen LogP contribution in [0.1, 0.15) is 47.7 Å². The highest BCUT2D eigenvalue weighted by atomic mass is 16.1. The predicted octanol–water partition coefficient (Wildman–Crippen LogP) is 4.22. The van der Waals surface area contributed by atoms with Gasteiger partial charge in [-0.25, -0.2) is 4.98 Å². The summed E-state index contributed by atoms with van der Waals surface area (Å²) in [6.07, 6.45) is 5.17. The van der Waals surface area contributed by atoms with E-state index >= 15 is 0 Å². The number of hydrogen-bond donors (Lipinski definition) is 1. The minimum absolute atomic E-state index is 0.0270. The van der Waals surface area contributed by atoms with Gasteiger partial charge in [0.25, 0.3) is 0 Å². The summed E-state index contributed by atoms with van der Waals surface area (Å²) in [5, 5.41) is 3.29. The predicted molar refractivity (Wildman–Crippen MR) is 86.9 cm³/mol. The highest BCUT2D eigenvalue weighted by Crippen LogP contribution is 2.19. The van der Waals surface area contributed by atoms with Crippen LogP contribution >= 0.6 is 0 Å². The monoisotopic (exact) mass is 282 g/mol. The van der Waals surface area contributed by atoms with Gasteiger partial charge in [0.15, 0.2) is 5.78 Å². The van der Waals surface area contributed by atoms with Crippen LogP contribution in [0.25, 0.3) is 0 Å². The van der Waals surface area contributed by atoms with Crippen LogP contribution in [0.2, 0.25) is 0 Å². The van der Waals surface area contributed by atoms with Crippen LogP contribution < -0.4 is 5.32 Å². The fourth-order valence-corrected chi connectivity index (χ4v) is 2.28. The van der Waals surface area contributed by atoms with Crippen LogP contribution in [0.5, 0.6) is 0 Å². The number of pyridine rings is 1. The Morgan fingerprint density at radius 2 is 1.86 bits per heavy atom. The number of nitrogens with one attached hydrogen (secondary N) is 1. The van der Waals surface area contributed by atoms with Gasteiger partial charge in [-0.15, -0.1) is 0 Å². The maximum absolute atomic E-state index is 12.7. The third-order valence-electron chi connectivity index (χ3n) is 3.51. The minimum atomic E-state index is 0.0270. The van der Waals surface area contributed by atoms with E-state index in [1.807, 2.05) is 43.3 Å². The number of nitrogens with zero attached hydrogens (tertiary/aromatic N) is 1. The van der Waals surface area contributed by atoms with Gasteiger partial charge in [0, 0.05) is 18.3 Å².